The van der Waals surface area contributed by atoms with Crippen molar-refractivity contribution in [3.05, 3.63) is 54.7 Å². The first-order valence-corrected chi connectivity index (χ1v) is 5.42. The smallest absolute Gasteiger partial charge is 0.406 e. The highest BCUT2D eigenvalue weighted by atomic mass is 19.4. The van der Waals surface area contributed by atoms with Gasteiger partial charge >= 0.3 is 6.36 Å². The van der Waals surface area contributed by atoms with Crippen LogP contribution in [0.15, 0.2) is 49.2 Å². The van der Waals surface area contributed by atoms with Gasteiger partial charge in [0.2, 0.25) is 0 Å². The number of ether oxygens (including phenoxy) is 1. The molecule has 5 heteroatoms. The van der Waals surface area contributed by atoms with Crippen molar-refractivity contribution in [1.82, 2.24) is 4.98 Å². The molecule has 0 atom stereocenters. The lowest BCUT2D eigenvalue weighted by atomic mass is 10.1. The highest BCUT2D eigenvalue weighted by molar-refractivity contribution is 5.64. The van der Waals surface area contributed by atoms with Gasteiger partial charge in [-0.15, -0.1) is 13.2 Å². The van der Waals surface area contributed by atoms with Crippen LogP contribution in [0.3, 0.4) is 0 Å². The third-order valence-electron chi connectivity index (χ3n) is 2.38. The molecule has 0 aliphatic carbocycles. The molecule has 0 radical (unpaired) electrons. The molecular formula is C14H10F3NO. The zero-order valence-electron chi connectivity index (χ0n) is 9.82. The summed E-state index contributed by atoms with van der Waals surface area (Å²) in [5, 5.41) is 0. The van der Waals surface area contributed by atoms with Crippen LogP contribution >= 0.6 is 0 Å². The van der Waals surface area contributed by atoms with E-state index in [0.717, 1.165) is 5.56 Å². The maximum Gasteiger partial charge on any atom is 0.573 e. The minimum atomic E-state index is -4.70. The van der Waals surface area contributed by atoms with E-state index in [1.807, 2.05) is 0 Å². The molecule has 19 heavy (non-hydrogen) atoms. The summed E-state index contributed by atoms with van der Waals surface area (Å²) in [7, 11) is 0. The molecule has 0 spiro atoms. The van der Waals surface area contributed by atoms with E-state index >= 15 is 0 Å². The van der Waals surface area contributed by atoms with E-state index in [0.29, 0.717) is 11.3 Å². The summed E-state index contributed by atoms with van der Waals surface area (Å²) in [5.74, 6) is -0.268. The van der Waals surface area contributed by atoms with Crippen LogP contribution in [0, 0.1) is 0 Å². The molecule has 0 saturated carbocycles. The molecule has 0 amide bonds. The van der Waals surface area contributed by atoms with Crippen molar-refractivity contribution in [2.75, 3.05) is 0 Å². The molecule has 0 bridgehead atoms. The zero-order valence-corrected chi connectivity index (χ0v) is 9.82. The number of hydrogen-bond donors (Lipinski definition) is 0. The topological polar surface area (TPSA) is 22.1 Å². The van der Waals surface area contributed by atoms with Gasteiger partial charge in [0.1, 0.15) is 5.75 Å². The Labute approximate surface area is 108 Å². The molecule has 1 aromatic heterocycles. The summed E-state index contributed by atoms with van der Waals surface area (Å²) in [6, 6.07) is 9.18. The van der Waals surface area contributed by atoms with Gasteiger partial charge in [-0.3, -0.25) is 4.98 Å². The Morgan fingerprint density at radius 2 is 1.95 bits per heavy atom. The Balaban J connectivity index is 2.34. The second-order valence-corrected chi connectivity index (χ2v) is 3.75. The van der Waals surface area contributed by atoms with Crippen molar-refractivity contribution in [2.45, 2.75) is 6.36 Å². The van der Waals surface area contributed by atoms with Crippen LogP contribution in [-0.4, -0.2) is 11.3 Å². The minimum Gasteiger partial charge on any atom is -0.406 e. The average molecular weight is 265 g/mol. The fourth-order valence-electron chi connectivity index (χ4n) is 1.58. The fourth-order valence-corrected chi connectivity index (χ4v) is 1.58. The van der Waals surface area contributed by atoms with Crippen molar-refractivity contribution < 1.29 is 17.9 Å². The van der Waals surface area contributed by atoms with Crippen molar-refractivity contribution in [1.29, 1.82) is 0 Å². The van der Waals surface area contributed by atoms with E-state index in [4.69, 9.17) is 0 Å². The quantitative estimate of drug-likeness (QED) is 0.825. The van der Waals surface area contributed by atoms with E-state index in [9.17, 15) is 13.2 Å². The standard InChI is InChI=1S/C14H10F3NO/c1-2-10-6-7-18-13(8-10)11-4-3-5-12(9-11)19-14(15,16)17/h2-9H,1H2. The molecule has 0 aliphatic rings. The fraction of sp³-hybridized carbons (Fsp3) is 0.0714. The predicted octanol–water partition coefficient (Wildman–Crippen LogP) is 4.29. The summed E-state index contributed by atoms with van der Waals surface area (Å²) in [6.45, 7) is 3.63. The van der Waals surface area contributed by atoms with Gasteiger partial charge < -0.3 is 4.74 Å². The minimum absolute atomic E-state index is 0.268. The number of hydrogen-bond acceptors (Lipinski definition) is 2. The highest BCUT2D eigenvalue weighted by Gasteiger charge is 2.31. The van der Waals surface area contributed by atoms with Crippen LogP contribution in [-0.2, 0) is 0 Å². The van der Waals surface area contributed by atoms with Gasteiger partial charge in [-0.1, -0.05) is 24.8 Å². The van der Waals surface area contributed by atoms with Crippen molar-refractivity contribution >= 4 is 6.08 Å². The van der Waals surface area contributed by atoms with Crippen molar-refractivity contribution in [3.8, 4) is 17.0 Å². The molecule has 2 rings (SSSR count). The molecule has 98 valence electrons. The van der Waals surface area contributed by atoms with Crippen molar-refractivity contribution in [2.24, 2.45) is 0 Å². The number of pyridine rings is 1. The molecule has 0 fully saturated rings. The first kappa shape index (κ1) is 13.1. The molecular weight excluding hydrogens is 255 g/mol. The third kappa shape index (κ3) is 3.58. The summed E-state index contributed by atoms with van der Waals surface area (Å²) in [5.41, 5.74) is 1.95. The van der Waals surface area contributed by atoms with Crippen LogP contribution in [0.4, 0.5) is 13.2 Å². The predicted molar refractivity (Wildman–Crippen MR) is 66.4 cm³/mol. The van der Waals surface area contributed by atoms with Crippen LogP contribution < -0.4 is 4.74 Å². The average Bonchev–Trinajstić information content (AvgIpc) is 2.37. The Hall–Kier alpha value is -2.30. The molecule has 0 unspecified atom stereocenters. The summed E-state index contributed by atoms with van der Waals surface area (Å²) < 4.78 is 40.3. The molecule has 0 saturated heterocycles. The monoisotopic (exact) mass is 265 g/mol. The van der Waals surface area contributed by atoms with Gasteiger partial charge in [0, 0.05) is 11.8 Å². The van der Waals surface area contributed by atoms with Crippen LogP contribution in [0.2, 0.25) is 0 Å². The van der Waals surface area contributed by atoms with Gasteiger partial charge in [-0.25, -0.2) is 0 Å². The molecule has 2 aromatic rings. The molecule has 1 heterocycles. The summed E-state index contributed by atoms with van der Waals surface area (Å²) >= 11 is 0. The SMILES string of the molecule is C=Cc1ccnc(-c2cccc(OC(F)(F)F)c2)c1. The van der Waals surface area contributed by atoms with Crippen LogP contribution in [0.1, 0.15) is 5.56 Å². The normalized spacial score (nSPS) is 11.1. The Kier molecular flexibility index (Phi) is 3.55. The molecule has 1 aromatic carbocycles. The number of alkyl halides is 3. The maximum absolute atomic E-state index is 12.1. The summed E-state index contributed by atoms with van der Waals surface area (Å²) in [6.07, 6.45) is -1.49. The van der Waals surface area contributed by atoms with Gasteiger partial charge in [0.05, 0.1) is 5.69 Å². The van der Waals surface area contributed by atoms with Crippen LogP contribution in [0.5, 0.6) is 5.75 Å². The first-order chi connectivity index (χ1) is 8.98. The number of rotatable bonds is 3. The lowest BCUT2D eigenvalue weighted by Crippen LogP contribution is -2.17. The van der Waals surface area contributed by atoms with Gasteiger partial charge in [0.25, 0.3) is 0 Å². The molecule has 0 aliphatic heterocycles. The van der Waals surface area contributed by atoms with Gasteiger partial charge in [0.15, 0.2) is 0 Å². The second kappa shape index (κ2) is 5.14. The van der Waals surface area contributed by atoms with E-state index in [2.05, 4.69) is 16.3 Å². The number of aromatic nitrogens is 1. The van der Waals surface area contributed by atoms with E-state index < -0.39 is 6.36 Å². The lowest BCUT2D eigenvalue weighted by molar-refractivity contribution is -0.274. The van der Waals surface area contributed by atoms with Gasteiger partial charge in [-0.2, -0.15) is 0 Å². The first-order valence-electron chi connectivity index (χ1n) is 5.42. The Morgan fingerprint density at radius 3 is 2.63 bits per heavy atom. The Bertz CT molecular complexity index is 593. The lowest BCUT2D eigenvalue weighted by Gasteiger charge is -2.10. The maximum atomic E-state index is 12.1. The highest BCUT2D eigenvalue weighted by Crippen LogP contribution is 2.27. The largest absolute Gasteiger partial charge is 0.573 e. The van der Waals surface area contributed by atoms with Crippen molar-refractivity contribution in [3.63, 3.8) is 0 Å². The molecule has 2 nitrogen and oxygen atoms in total. The third-order valence-corrected chi connectivity index (χ3v) is 2.38. The van der Waals surface area contributed by atoms with Crippen LogP contribution in [0.25, 0.3) is 17.3 Å². The zero-order chi connectivity index (χ0) is 13.9. The van der Waals surface area contributed by atoms with E-state index in [1.54, 1.807) is 30.5 Å². The Morgan fingerprint density at radius 1 is 1.16 bits per heavy atom. The number of halogens is 3. The number of benzene rings is 1. The van der Waals surface area contributed by atoms with E-state index in [-0.39, 0.29) is 5.75 Å². The number of nitrogens with zero attached hydrogens (tertiary/aromatic N) is 1. The van der Waals surface area contributed by atoms with E-state index in [1.165, 1.54) is 18.2 Å². The molecule has 0 N–H and O–H groups in total. The van der Waals surface area contributed by atoms with Gasteiger partial charge in [-0.05, 0) is 29.8 Å². The summed E-state index contributed by atoms with van der Waals surface area (Å²) in [4.78, 5) is 4.11. The second-order valence-electron chi connectivity index (χ2n) is 3.75.